The van der Waals surface area contributed by atoms with E-state index in [1.165, 1.54) is 5.56 Å². The van der Waals surface area contributed by atoms with Crippen LogP contribution in [0.3, 0.4) is 0 Å². The van der Waals surface area contributed by atoms with Gasteiger partial charge in [-0.05, 0) is 56.5 Å². The van der Waals surface area contributed by atoms with Crippen molar-refractivity contribution in [2.45, 2.75) is 38.3 Å². The Morgan fingerprint density at radius 3 is 2.77 bits per heavy atom. The molecule has 13 heteroatoms. The minimum absolute atomic E-state index is 0.0111. The van der Waals surface area contributed by atoms with Gasteiger partial charge in [-0.1, -0.05) is 23.7 Å². The van der Waals surface area contributed by atoms with E-state index in [0.29, 0.717) is 24.7 Å². The topological polar surface area (TPSA) is 152 Å². The van der Waals surface area contributed by atoms with Gasteiger partial charge in [-0.25, -0.2) is 15.0 Å². The van der Waals surface area contributed by atoms with Crippen molar-refractivity contribution in [3.05, 3.63) is 59.4 Å². The summed E-state index contributed by atoms with van der Waals surface area (Å²) in [5.74, 6) is 0.562. The molecule has 3 aromatic rings. The predicted molar refractivity (Wildman–Crippen MR) is 153 cm³/mol. The fraction of sp³-hybridized carbons (Fsp3) is 0.444. The molecule has 1 aliphatic rings. The summed E-state index contributed by atoms with van der Waals surface area (Å²) in [4.78, 5) is 39.4. The Kier molecular flexibility index (Phi) is 10.5. The van der Waals surface area contributed by atoms with Gasteiger partial charge in [0.05, 0.1) is 6.33 Å². The second-order valence-electron chi connectivity index (χ2n) is 9.65. The summed E-state index contributed by atoms with van der Waals surface area (Å²) in [6, 6.07) is 7.87. The number of benzene rings is 1. The van der Waals surface area contributed by atoms with Crippen molar-refractivity contribution >= 4 is 35.1 Å². The van der Waals surface area contributed by atoms with Gasteiger partial charge in [0.25, 0.3) is 11.8 Å². The first kappa shape index (κ1) is 29.1. The van der Waals surface area contributed by atoms with Crippen LogP contribution in [-0.4, -0.2) is 82.1 Å². The van der Waals surface area contributed by atoms with Gasteiger partial charge in [0.15, 0.2) is 29.1 Å². The van der Waals surface area contributed by atoms with E-state index in [2.05, 4.69) is 35.8 Å². The van der Waals surface area contributed by atoms with E-state index in [0.717, 1.165) is 45.3 Å². The lowest BCUT2D eigenvalue weighted by Crippen LogP contribution is -2.48. The summed E-state index contributed by atoms with van der Waals surface area (Å²) in [6.45, 7) is 3.86. The molecule has 1 saturated heterocycles. The number of anilines is 2. The Balaban J connectivity index is 1.15. The number of nitrogens with one attached hydrogen (secondary N) is 3. The van der Waals surface area contributed by atoms with Gasteiger partial charge >= 0.3 is 0 Å². The van der Waals surface area contributed by atoms with Gasteiger partial charge in [-0.2, -0.15) is 0 Å². The first-order valence-electron chi connectivity index (χ1n) is 13.4. The van der Waals surface area contributed by atoms with Crippen LogP contribution < -0.4 is 26.4 Å². The zero-order chi connectivity index (χ0) is 28.3. The molecule has 5 N–H and O–H groups in total. The van der Waals surface area contributed by atoms with E-state index in [1.807, 2.05) is 35.0 Å². The number of piperidine rings is 1. The van der Waals surface area contributed by atoms with Crippen LogP contribution in [0, 0.1) is 0 Å². The second kappa shape index (κ2) is 14.5. The number of nitrogen functional groups attached to an aromatic ring is 1. The number of carbonyl (C=O) groups is 2. The molecular formula is C27H36ClN9O3. The maximum absolute atomic E-state index is 12.9. The Bertz CT molecular complexity index is 1250. The molecule has 0 bridgehead atoms. The molecule has 1 atom stereocenters. The summed E-state index contributed by atoms with van der Waals surface area (Å²) in [5, 5.41) is 8.76. The lowest BCUT2D eigenvalue weighted by atomic mass is 10.0. The average molecular weight is 570 g/mol. The zero-order valence-electron chi connectivity index (χ0n) is 22.6. The Hall–Kier alpha value is -3.90. The molecule has 214 valence electrons. The molecule has 1 unspecified atom stereocenters. The Morgan fingerprint density at radius 1 is 1.20 bits per heavy atom. The molecule has 3 heterocycles. The van der Waals surface area contributed by atoms with Crippen LogP contribution in [0.25, 0.3) is 0 Å². The van der Waals surface area contributed by atoms with Crippen LogP contribution in [0.4, 0.5) is 11.6 Å². The molecule has 40 heavy (non-hydrogen) atoms. The van der Waals surface area contributed by atoms with Gasteiger partial charge < -0.3 is 35.9 Å². The third-order valence-corrected chi connectivity index (χ3v) is 6.93. The number of likely N-dealkylation sites (tertiary alicyclic amines) is 1. The normalized spacial score (nSPS) is 15.4. The van der Waals surface area contributed by atoms with Gasteiger partial charge in [-0.3, -0.25) is 9.59 Å². The number of carbonyl (C=O) groups excluding carboxylic acids is 2. The summed E-state index contributed by atoms with van der Waals surface area (Å²) in [6.07, 6.45) is 9.08. The quantitative estimate of drug-likeness (QED) is 0.242. The third kappa shape index (κ3) is 8.55. The van der Waals surface area contributed by atoms with Crippen molar-refractivity contribution in [3.8, 4) is 5.75 Å². The number of halogens is 1. The van der Waals surface area contributed by atoms with Gasteiger partial charge in [0, 0.05) is 45.1 Å². The maximum atomic E-state index is 12.9. The maximum Gasteiger partial charge on any atom is 0.274 e. The minimum Gasteiger partial charge on any atom is -0.484 e. The monoisotopic (exact) mass is 569 g/mol. The minimum atomic E-state index is -0.320. The van der Waals surface area contributed by atoms with E-state index in [-0.39, 0.29) is 41.1 Å². The molecule has 12 nitrogen and oxygen atoms in total. The number of hydrogen-bond acceptors (Lipinski definition) is 9. The van der Waals surface area contributed by atoms with Crippen LogP contribution in [0.2, 0.25) is 5.15 Å². The summed E-state index contributed by atoms with van der Waals surface area (Å²) in [7, 11) is 1.66. The standard InChI is InChI=1S/C27H36ClN9O3/c1-30-26-23(34-24(28)25(29)35-26)27(39)33-20-5-3-13-36(16-20)12-2-4-19-6-8-21(9-7-19)40-17-22(38)32-11-15-37-14-10-31-18-37/h6-10,14,18,20H,2-5,11-13,15-17H2,1H3,(H,32,38)(H,33,39)(H3,29,30,35). The molecule has 0 saturated carbocycles. The molecule has 1 fully saturated rings. The van der Waals surface area contributed by atoms with E-state index in [4.69, 9.17) is 22.1 Å². The molecule has 2 amide bonds. The van der Waals surface area contributed by atoms with E-state index >= 15 is 0 Å². The Labute approximate surface area is 238 Å². The number of nitrogens with zero attached hydrogens (tertiary/aromatic N) is 5. The lowest BCUT2D eigenvalue weighted by molar-refractivity contribution is -0.123. The second-order valence-corrected chi connectivity index (χ2v) is 10.0. The fourth-order valence-electron chi connectivity index (χ4n) is 4.59. The number of nitrogens with two attached hydrogens (primary N) is 1. The Morgan fingerprint density at radius 2 is 2.02 bits per heavy atom. The van der Waals surface area contributed by atoms with Crippen LogP contribution in [0.1, 0.15) is 35.3 Å². The van der Waals surface area contributed by atoms with Crippen molar-refractivity contribution in [1.29, 1.82) is 0 Å². The van der Waals surface area contributed by atoms with Crippen molar-refractivity contribution in [3.63, 3.8) is 0 Å². The first-order valence-corrected chi connectivity index (χ1v) is 13.8. The van der Waals surface area contributed by atoms with E-state index < -0.39 is 0 Å². The number of rotatable bonds is 13. The molecule has 1 aromatic carbocycles. The van der Waals surface area contributed by atoms with Gasteiger partial charge in [0.2, 0.25) is 0 Å². The SMILES string of the molecule is CNc1nc(N)c(Cl)nc1C(=O)NC1CCCN(CCCc2ccc(OCC(=O)NCCn3ccnc3)cc2)C1. The highest BCUT2D eigenvalue weighted by Gasteiger charge is 2.24. The highest BCUT2D eigenvalue weighted by Crippen LogP contribution is 2.20. The number of aromatic nitrogens is 4. The van der Waals surface area contributed by atoms with Crippen LogP contribution in [0.15, 0.2) is 43.0 Å². The predicted octanol–water partition coefficient (Wildman–Crippen LogP) is 1.97. The van der Waals surface area contributed by atoms with Gasteiger partial charge in [0.1, 0.15) is 5.75 Å². The lowest BCUT2D eigenvalue weighted by Gasteiger charge is -2.33. The molecule has 1 aliphatic heterocycles. The number of amides is 2. The van der Waals surface area contributed by atoms with Gasteiger partial charge in [-0.15, -0.1) is 0 Å². The first-order chi connectivity index (χ1) is 19.4. The molecular weight excluding hydrogens is 534 g/mol. The van der Waals surface area contributed by atoms with Crippen LogP contribution in [0.5, 0.6) is 5.75 Å². The molecule has 0 aliphatic carbocycles. The van der Waals surface area contributed by atoms with E-state index in [9.17, 15) is 9.59 Å². The molecule has 4 rings (SSSR count). The summed E-state index contributed by atoms with van der Waals surface area (Å²) < 4.78 is 7.51. The number of imidazole rings is 1. The van der Waals surface area contributed by atoms with Crippen LogP contribution in [-0.2, 0) is 17.8 Å². The highest BCUT2D eigenvalue weighted by molar-refractivity contribution is 6.31. The number of ether oxygens (including phenoxy) is 1. The fourth-order valence-corrected chi connectivity index (χ4v) is 4.72. The molecule has 0 radical (unpaired) electrons. The van der Waals surface area contributed by atoms with Crippen molar-refractivity contribution < 1.29 is 14.3 Å². The smallest absolute Gasteiger partial charge is 0.274 e. The van der Waals surface area contributed by atoms with Crippen molar-refractivity contribution in [2.75, 3.05) is 50.9 Å². The largest absolute Gasteiger partial charge is 0.484 e. The average Bonchev–Trinajstić information content (AvgIpc) is 3.47. The van der Waals surface area contributed by atoms with E-state index in [1.54, 1.807) is 19.6 Å². The zero-order valence-corrected chi connectivity index (χ0v) is 23.4. The van der Waals surface area contributed by atoms with Crippen LogP contribution >= 0.6 is 11.6 Å². The third-order valence-electron chi connectivity index (χ3n) is 6.65. The molecule has 0 spiro atoms. The molecule has 2 aromatic heterocycles. The van der Waals surface area contributed by atoms with Crippen molar-refractivity contribution in [1.82, 2.24) is 35.1 Å². The summed E-state index contributed by atoms with van der Waals surface area (Å²) >= 11 is 5.99. The number of hydrogen-bond donors (Lipinski definition) is 4. The highest BCUT2D eigenvalue weighted by atomic mass is 35.5. The summed E-state index contributed by atoms with van der Waals surface area (Å²) in [5.41, 5.74) is 7.05. The number of aryl methyl sites for hydroxylation is 1. The van der Waals surface area contributed by atoms with Crippen molar-refractivity contribution in [2.24, 2.45) is 0 Å².